The van der Waals surface area contributed by atoms with Gasteiger partial charge in [-0.25, -0.2) is 13.1 Å². The minimum Gasteiger partial charge on any atom is -0.393 e. The molecular formula is C17H23N3O3S. The molecule has 2 unspecified atom stereocenters. The second-order valence-electron chi connectivity index (χ2n) is 6.40. The number of benzene rings is 1. The zero-order valence-electron chi connectivity index (χ0n) is 13.5. The number of nitrogens with zero attached hydrogens (tertiary/aromatic N) is 2. The van der Waals surface area contributed by atoms with E-state index in [4.69, 9.17) is 0 Å². The molecule has 24 heavy (non-hydrogen) atoms. The van der Waals surface area contributed by atoms with Crippen molar-refractivity contribution in [3.05, 3.63) is 48.3 Å². The van der Waals surface area contributed by atoms with Gasteiger partial charge in [0.25, 0.3) is 0 Å². The Morgan fingerprint density at radius 3 is 2.79 bits per heavy atom. The molecule has 130 valence electrons. The maximum atomic E-state index is 12.4. The van der Waals surface area contributed by atoms with Crippen LogP contribution in [0.2, 0.25) is 0 Å². The van der Waals surface area contributed by atoms with Gasteiger partial charge in [0.2, 0.25) is 10.0 Å². The zero-order chi connectivity index (χ0) is 17.0. The predicted octanol–water partition coefficient (Wildman–Crippen LogP) is 1.76. The Hall–Kier alpha value is -1.70. The van der Waals surface area contributed by atoms with Crippen molar-refractivity contribution < 1.29 is 13.5 Å². The average molecular weight is 349 g/mol. The molecule has 0 saturated heterocycles. The Bertz CT molecular complexity index is 758. The average Bonchev–Trinajstić information content (AvgIpc) is 3.04. The molecule has 0 spiro atoms. The molecule has 2 N–H and O–H groups in total. The Balaban J connectivity index is 1.60. The number of aliphatic hydroxyl groups excluding tert-OH is 1. The molecule has 1 aromatic carbocycles. The third-order valence-electron chi connectivity index (χ3n) is 4.42. The van der Waals surface area contributed by atoms with Crippen LogP contribution in [0.5, 0.6) is 0 Å². The molecule has 1 aromatic heterocycles. The molecule has 0 radical (unpaired) electrons. The van der Waals surface area contributed by atoms with Crippen LogP contribution in [0.25, 0.3) is 0 Å². The number of hydrogen-bond acceptors (Lipinski definition) is 4. The molecule has 7 heteroatoms. The number of rotatable bonds is 6. The van der Waals surface area contributed by atoms with Crippen LogP contribution in [-0.2, 0) is 16.6 Å². The highest BCUT2D eigenvalue weighted by Gasteiger charge is 2.23. The molecule has 1 aliphatic rings. The van der Waals surface area contributed by atoms with Crippen LogP contribution >= 0.6 is 0 Å². The standard InChI is InChI=1S/C17H23N3O3S/c21-16-8-4-7-15(9-16)10-19-24(22,23)17-11-18-20(13-17)12-14-5-2-1-3-6-14/h1-3,5-6,11,13,15-16,19,21H,4,7-10,12H2. The van der Waals surface area contributed by atoms with E-state index in [-0.39, 0.29) is 16.9 Å². The van der Waals surface area contributed by atoms with Crippen LogP contribution in [0.1, 0.15) is 31.2 Å². The SMILES string of the molecule is O=S(=O)(NCC1CCCC(O)C1)c1cnn(Cc2ccccc2)c1. The summed E-state index contributed by atoms with van der Waals surface area (Å²) >= 11 is 0. The number of aliphatic hydroxyl groups is 1. The molecular weight excluding hydrogens is 326 g/mol. The molecule has 6 nitrogen and oxygen atoms in total. The Labute approximate surface area is 142 Å². The lowest BCUT2D eigenvalue weighted by Crippen LogP contribution is -2.32. The number of nitrogens with one attached hydrogen (secondary N) is 1. The van der Waals surface area contributed by atoms with Gasteiger partial charge in [0.05, 0.1) is 18.8 Å². The molecule has 0 aliphatic heterocycles. The minimum absolute atomic E-state index is 0.176. The quantitative estimate of drug-likeness (QED) is 0.832. The van der Waals surface area contributed by atoms with Crippen molar-refractivity contribution in [2.24, 2.45) is 5.92 Å². The van der Waals surface area contributed by atoms with Crippen LogP contribution in [0.15, 0.2) is 47.6 Å². The maximum absolute atomic E-state index is 12.4. The first kappa shape index (κ1) is 17.1. The number of hydrogen-bond donors (Lipinski definition) is 2. The van der Waals surface area contributed by atoms with E-state index >= 15 is 0 Å². The van der Waals surface area contributed by atoms with E-state index in [0.29, 0.717) is 19.5 Å². The summed E-state index contributed by atoms with van der Waals surface area (Å²) in [6.07, 6.45) is 5.99. The van der Waals surface area contributed by atoms with E-state index < -0.39 is 10.0 Å². The summed E-state index contributed by atoms with van der Waals surface area (Å²) in [5.41, 5.74) is 1.06. The first-order chi connectivity index (χ1) is 11.5. The summed E-state index contributed by atoms with van der Waals surface area (Å²) in [7, 11) is -3.56. The highest BCUT2D eigenvalue weighted by Crippen LogP contribution is 2.24. The summed E-state index contributed by atoms with van der Waals surface area (Å²) in [6.45, 7) is 0.897. The van der Waals surface area contributed by atoms with E-state index in [1.54, 1.807) is 10.9 Å². The van der Waals surface area contributed by atoms with Crippen molar-refractivity contribution in [3.8, 4) is 0 Å². The normalized spacial score (nSPS) is 21.7. The van der Waals surface area contributed by atoms with Crippen molar-refractivity contribution in [3.63, 3.8) is 0 Å². The molecule has 0 amide bonds. The van der Waals surface area contributed by atoms with Gasteiger partial charge < -0.3 is 5.11 Å². The van der Waals surface area contributed by atoms with Crippen LogP contribution in [0, 0.1) is 5.92 Å². The molecule has 2 atom stereocenters. The minimum atomic E-state index is -3.56. The highest BCUT2D eigenvalue weighted by atomic mass is 32.2. The van der Waals surface area contributed by atoms with Crippen molar-refractivity contribution in [2.45, 2.75) is 43.2 Å². The summed E-state index contributed by atoms with van der Waals surface area (Å²) in [5, 5.41) is 13.8. The largest absolute Gasteiger partial charge is 0.393 e. The van der Waals surface area contributed by atoms with E-state index in [2.05, 4.69) is 9.82 Å². The predicted molar refractivity (Wildman–Crippen MR) is 90.9 cm³/mol. The van der Waals surface area contributed by atoms with E-state index in [9.17, 15) is 13.5 Å². The van der Waals surface area contributed by atoms with Crippen molar-refractivity contribution in [1.82, 2.24) is 14.5 Å². The van der Waals surface area contributed by atoms with Gasteiger partial charge in [-0.1, -0.05) is 36.8 Å². The van der Waals surface area contributed by atoms with Crippen LogP contribution < -0.4 is 4.72 Å². The van der Waals surface area contributed by atoms with Gasteiger partial charge in [0, 0.05) is 12.7 Å². The van der Waals surface area contributed by atoms with E-state index in [1.807, 2.05) is 30.3 Å². The lowest BCUT2D eigenvalue weighted by Gasteiger charge is -2.25. The highest BCUT2D eigenvalue weighted by molar-refractivity contribution is 7.89. The lowest BCUT2D eigenvalue weighted by molar-refractivity contribution is 0.102. The fourth-order valence-electron chi connectivity index (χ4n) is 3.10. The molecule has 1 aliphatic carbocycles. The molecule has 1 saturated carbocycles. The molecule has 3 rings (SSSR count). The first-order valence-corrected chi connectivity index (χ1v) is 9.75. The van der Waals surface area contributed by atoms with Gasteiger partial charge in [0.1, 0.15) is 4.90 Å². The fourth-order valence-corrected chi connectivity index (χ4v) is 4.17. The summed E-state index contributed by atoms with van der Waals surface area (Å²) in [4.78, 5) is 0.176. The summed E-state index contributed by atoms with van der Waals surface area (Å²) in [6, 6.07) is 9.77. The van der Waals surface area contributed by atoms with Crippen LogP contribution in [-0.4, -0.2) is 36.0 Å². The van der Waals surface area contributed by atoms with Crippen molar-refractivity contribution >= 4 is 10.0 Å². The zero-order valence-corrected chi connectivity index (χ0v) is 14.3. The number of sulfonamides is 1. The van der Waals surface area contributed by atoms with Crippen LogP contribution in [0.4, 0.5) is 0 Å². The molecule has 1 fully saturated rings. The Morgan fingerprint density at radius 1 is 1.25 bits per heavy atom. The van der Waals surface area contributed by atoms with Crippen molar-refractivity contribution in [1.29, 1.82) is 0 Å². The third-order valence-corrected chi connectivity index (χ3v) is 5.80. The molecule has 0 bridgehead atoms. The molecule has 2 aromatic rings. The van der Waals surface area contributed by atoms with E-state index in [0.717, 1.165) is 24.8 Å². The number of aromatic nitrogens is 2. The van der Waals surface area contributed by atoms with Gasteiger partial charge in [-0.05, 0) is 30.7 Å². The second-order valence-corrected chi connectivity index (χ2v) is 8.16. The van der Waals surface area contributed by atoms with Gasteiger partial charge in [-0.15, -0.1) is 0 Å². The topological polar surface area (TPSA) is 84.2 Å². The third kappa shape index (κ3) is 4.43. The smallest absolute Gasteiger partial charge is 0.243 e. The van der Waals surface area contributed by atoms with Gasteiger partial charge in [-0.2, -0.15) is 5.10 Å². The summed E-state index contributed by atoms with van der Waals surface area (Å²) < 4.78 is 29.1. The maximum Gasteiger partial charge on any atom is 0.243 e. The van der Waals surface area contributed by atoms with Gasteiger partial charge in [-0.3, -0.25) is 4.68 Å². The Kier molecular flexibility index (Phi) is 5.33. The second kappa shape index (κ2) is 7.46. The monoisotopic (exact) mass is 349 g/mol. The first-order valence-electron chi connectivity index (χ1n) is 8.27. The lowest BCUT2D eigenvalue weighted by atomic mass is 9.87. The molecule has 1 heterocycles. The van der Waals surface area contributed by atoms with Gasteiger partial charge in [0.15, 0.2) is 0 Å². The van der Waals surface area contributed by atoms with Gasteiger partial charge >= 0.3 is 0 Å². The summed E-state index contributed by atoms with van der Waals surface area (Å²) in [5.74, 6) is 0.197. The van der Waals surface area contributed by atoms with Crippen molar-refractivity contribution in [2.75, 3.05) is 6.54 Å². The van der Waals surface area contributed by atoms with E-state index in [1.165, 1.54) is 6.20 Å². The Morgan fingerprint density at radius 2 is 2.04 bits per heavy atom. The fraction of sp³-hybridized carbons (Fsp3) is 0.471. The van der Waals surface area contributed by atoms with Crippen LogP contribution in [0.3, 0.4) is 0 Å².